The number of halogens is 3. The Kier molecular flexibility index (Phi) is 3.12. The first-order valence-corrected chi connectivity index (χ1v) is 5.54. The van der Waals surface area contributed by atoms with Gasteiger partial charge in [-0.25, -0.2) is 13.2 Å². The summed E-state index contributed by atoms with van der Waals surface area (Å²) in [5.74, 6) is -2.98. The third-order valence-electron chi connectivity index (χ3n) is 2.05. The van der Waals surface area contributed by atoms with E-state index in [1.165, 1.54) is 0 Å². The molecule has 2 N–H and O–H groups in total. The molecule has 1 aromatic carbocycles. The number of hydrogen-bond donors (Lipinski definition) is 1. The maximum atomic E-state index is 13.4. The lowest BCUT2D eigenvalue weighted by atomic mass is 10.2. The molecular weight excluding hydrogens is 251 g/mol. The predicted octanol–water partition coefficient (Wildman–Crippen LogP) is 2.64. The fourth-order valence-corrected chi connectivity index (χ4v) is 2.11. The minimum absolute atomic E-state index is 0.0484. The Morgan fingerprint density at radius 1 is 1.18 bits per heavy atom. The van der Waals surface area contributed by atoms with Crippen LogP contribution < -0.4 is 5.73 Å². The monoisotopic (exact) mass is 259 g/mol. The second-order valence-electron chi connectivity index (χ2n) is 3.48. The Balaban J connectivity index is 2.52. The van der Waals surface area contributed by atoms with Gasteiger partial charge in [-0.3, -0.25) is 0 Å². The molecule has 0 aliphatic carbocycles. The molecule has 0 aliphatic rings. The lowest BCUT2D eigenvalue weighted by molar-refractivity contribution is 0.547. The van der Waals surface area contributed by atoms with E-state index in [-0.39, 0.29) is 16.6 Å². The zero-order valence-electron chi connectivity index (χ0n) is 8.75. The van der Waals surface area contributed by atoms with Crippen molar-refractivity contribution in [2.75, 3.05) is 0 Å². The first-order chi connectivity index (χ1) is 7.99. The van der Waals surface area contributed by atoms with E-state index in [1.807, 2.05) is 0 Å². The maximum absolute atomic E-state index is 13.4. The van der Waals surface area contributed by atoms with Crippen molar-refractivity contribution < 1.29 is 13.2 Å². The van der Waals surface area contributed by atoms with Crippen LogP contribution in [-0.4, -0.2) is 10.2 Å². The van der Waals surface area contributed by atoms with E-state index in [1.54, 1.807) is 6.92 Å². The SMILES string of the molecule is CC(N)c1nnc(-c2c(F)cc(F)cc2F)s1. The van der Waals surface area contributed by atoms with Crippen molar-refractivity contribution in [3.05, 3.63) is 34.6 Å². The Bertz CT molecular complexity index is 530. The lowest BCUT2D eigenvalue weighted by Gasteiger charge is -2.00. The molecule has 0 amide bonds. The van der Waals surface area contributed by atoms with Crippen LogP contribution in [0.25, 0.3) is 10.6 Å². The fourth-order valence-electron chi connectivity index (χ4n) is 1.27. The average Bonchev–Trinajstić information content (AvgIpc) is 2.65. The molecule has 0 saturated heterocycles. The van der Waals surface area contributed by atoms with Gasteiger partial charge in [-0.15, -0.1) is 10.2 Å². The first-order valence-electron chi connectivity index (χ1n) is 4.73. The highest BCUT2D eigenvalue weighted by molar-refractivity contribution is 7.14. The van der Waals surface area contributed by atoms with Crippen molar-refractivity contribution in [3.63, 3.8) is 0 Å². The van der Waals surface area contributed by atoms with Crippen LogP contribution in [0.4, 0.5) is 13.2 Å². The largest absolute Gasteiger partial charge is 0.322 e. The molecule has 1 heterocycles. The summed E-state index contributed by atoms with van der Waals surface area (Å²) < 4.78 is 39.6. The smallest absolute Gasteiger partial charge is 0.153 e. The van der Waals surface area contributed by atoms with Crippen LogP contribution in [-0.2, 0) is 0 Å². The van der Waals surface area contributed by atoms with Crippen LogP contribution in [0.1, 0.15) is 18.0 Å². The lowest BCUT2D eigenvalue weighted by Crippen LogP contribution is -2.03. The molecule has 0 spiro atoms. The molecule has 2 rings (SSSR count). The number of nitrogens with zero attached hydrogens (tertiary/aromatic N) is 2. The van der Waals surface area contributed by atoms with Crippen molar-refractivity contribution in [1.29, 1.82) is 0 Å². The highest BCUT2D eigenvalue weighted by atomic mass is 32.1. The molecule has 0 saturated carbocycles. The second-order valence-corrected chi connectivity index (χ2v) is 4.49. The number of nitrogens with two attached hydrogens (primary N) is 1. The molecule has 1 atom stereocenters. The van der Waals surface area contributed by atoms with Crippen LogP contribution in [0.3, 0.4) is 0 Å². The molecule has 90 valence electrons. The molecule has 3 nitrogen and oxygen atoms in total. The van der Waals surface area contributed by atoms with E-state index in [9.17, 15) is 13.2 Å². The van der Waals surface area contributed by atoms with Gasteiger partial charge in [0.25, 0.3) is 0 Å². The van der Waals surface area contributed by atoms with Crippen molar-refractivity contribution in [3.8, 4) is 10.6 Å². The van der Waals surface area contributed by atoms with E-state index in [0.717, 1.165) is 11.3 Å². The standard InChI is InChI=1S/C10H8F3N3S/c1-4(14)9-15-16-10(17-9)8-6(12)2-5(11)3-7(8)13/h2-4H,14H2,1H3. The highest BCUT2D eigenvalue weighted by Gasteiger charge is 2.18. The van der Waals surface area contributed by atoms with Gasteiger partial charge < -0.3 is 5.73 Å². The van der Waals surface area contributed by atoms with Crippen molar-refractivity contribution in [2.24, 2.45) is 5.73 Å². The zero-order chi connectivity index (χ0) is 12.6. The summed E-state index contributed by atoms with van der Waals surface area (Å²) >= 11 is 0.979. The topological polar surface area (TPSA) is 51.8 Å². The van der Waals surface area contributed by atoms with E-state index < -0.39 is 17.5 Å². The van der Waals surface area contributed by atoms with Gasteiger partial charge in [0.2, 0.25) is 0 Å². The van der Waals surface area contributed by atoms with Crippen molar-refractivity contribution in [1.82, 2.24) is 10.2 Å². The molecule has 0 aliphatic heterocycles. The Labute approximate surface area is 99.1 Å². The minimum atomic E-state index is -1.00. The molecule has 1 aromatic heterocycles. The number of rotatable bonds is 2. The Morgan fingerprint density at radius 3 is 2.24 bits per heavy atom. The van der Waals surface area contributed by atoms with Crippen LogP contribution in [0.2, 0.25) is 0 Å². The molecule has 0 radical (unpaired) electrons. The fraction of sp³-hybridized carbons (Fsp3) is 0.200. The normalized spacial score (nSPS) is 12.8. The van der Waals surface area contributed by atoms with Crippen molar-refractivity contribution >= 4 is 11.3 Å². The summed E-state index contributed by atoms with van der Waals surface area (Å²) in [5.41, 5.74) is 5.19. The van der Waals surface area contributed by atoms with Crippen LogP contribution in [0, 0.1) is 17.5 Å². The molecule has 0 fully saturated rings. The number of aromatic nitrogens is 2. The Hall–Kier alpha value is -1.47. The third-order valence-corrected chi connectivity index (χ3v) is 3.19. The minimum Gasteiger partial charge on any atom is -0.322 e. The van der Waals surface area contributed by atoms with E-state index in [2.05, 4.69) is 10.2 Å². The summed E-state index contributed by atoms with van der Waals surface area (Å²) in [6, 6.07) is 0.837. The van der Waals surface area contributed by atoms with Gasteiger partial charge in [-0.2, -0.15) is 0 Å². The number of hydrogen-bond acceptors (Lipinski definition) is 4. The molecule has 0 bridgehead atoms. The van der Waals surface area contributed by atoms with Gasteiger partial charge in [0.05, 0.1) is 11.6 Å². The van der Waals surface area contributed by atoms with Gasteiger partial charge in [0, 0.05) is 12.1 Å². The van der Waals surface area contributed by atoms with Crippen LogP contribution >= 0.6 is 11.3 Å². The summed E-state index contributed by atoms with van der Waals surface area (Å²) in [6.45, 7) is 1.68. The zero-order valence-corrected chi connectivity index (χ0v) is 9.56. The molecule has 7 heteroatoms. The highest BCUT2D eigenvalue weighted by Crippen LogP contribution is 2.30. The van der Waals surface area contributed by atoms with Gasteiger partial charge in [-0.05, 0) is 6.92 Å². The number of benzene rings is 1. The summed E-state index contributed by atoms with van der Waals surface area (Å²) in [4.78, 5) is 0. The first kappa shape index (κ1) is 12.0. The van der Waals surface area contributed by atoms with Gasteiger partial charge in [0.1, 0.15) is 22.5 Å². The Morgan fingerprint density at radius 2 is 1.76 bits per heavy atom. The maximum Gasteiger partial charge on any atom is 0.153 e. The van der Waals surface area contributed by atoms with E-state index >= 15 is 0 Å². The quantitative estimate of drug-likeness (QED) is 0.902. The van der Waals surface area contributed by atoms with Gasteiger partial charge >= 0.3 is 0 Å². The van der Waals surface area contributed by atoms with Crippen LogP contribution in [0.5, 0.6) is 0 Å². The van der Waals surface area contributed by atoms with Crippen LogP contribution in [0.15, 0.2) is 12.1 Å². The van der Waals surface area contributed by atoms with Gasteiger partial charge in [0.15, 0.2) is 5.01 Å². The average molecular weight is 259 g/mol. The molecular formula is C10H8F3N3S. The second kappa shape index (κ2) is 4.42. The van der Waals surface area contributed by atoms with E-state index in [4.69, 9.17) is 5.73 Å². The summed E-state index contributed by atoms with van der Waals surface area (Å²) in [6.07, 6.45) is 0. The predicted molar refractivity (Wildman–Crippen MR) is 57.8 cm³/mol. The molecule has 2 aromatic rings. The molecule has 17 heavy (non-hydrogen) atoms. The summed E-state index contributed by atoms with van der Waals surface area (Å²) in [5, 5.41) is 7.87. The van der Waals surface area contributed by atoms with Crippen molar-refractivity contribution in [2.45, 2.75) is 13.0 Å². The third kappa shape index (κ3) is 2.29. The molecule has 1 unspecified atom stereocenters. The summed E-state index contributed by atoms with van der Waals surface area (Å²) in [7, 11) is 0. The van der Waals surface area contributed by atoms with Gasteiger partial charge in [-0.1, -0.05) is 11.3 Å². The van der Waals surface area contributed by atoms with E-state index in [0.29, 0.717) is 17.1 Å².